The number of nitrogens with two attached hydrogens (primary N) is 1. The molecule has 1 atom stereocenters. The van der Waals surface area contributed by atoms with Gasteiger partial charge in [-0.15, -0.1) is 0 Å². The van der Waals surface area contributed by atoms with Crippen molar-refractivity contribution in [2.45, 2.75) is 25.8 Å². The van der Waals surface area contributed by atoms with E-state index in [1.807, 2.05) is 6.07 Å². The van der Waals surface area contributed by atoms with Crippen molar-refractivity contribution in [1.82, 2.24) is 0 Å². The van der Waals surface area contributed by atoms with Crippen LogP contribution in [0.5, 0.6) is 0 Å². The molecule has 0 unspecified atom stereocenters. The van der Waals surface area contributed by atoms with Crippen LogP contribution in [0.2, 0.25) is 0 Å². The summed E-state index contributed by atoms with van der Waals surface area (Å²) in [6, 6.07) is 18.9. The molecule has 0 heterocycles. The largest absolute Gasteiger partial charge is 0.376 e. The fraction of sp³-hybridized carbons (Fsp3) is 0.294. The summed E-state index contributed by atoms with van der Waals surface area (Å²) < 4.78 is 0. The molecule has 0 bridgehead atoms. The Kier molecular flexibility index (Phi) is 4.23. The maximum atomic E-state index is 5.80. The van der Waals surface area contributed by atoms with Crippen molar-refractivity contribution in [3.63, 3.8) is 0 Å². The zero-order valence-electron chi connectivity index (χ0n) is 11.7. The third-order valence-electron chi connectivity index (χ3n) is 3.49. The van der Waals surface area contributed by atoms with Crippen LogP contribution in [0, 0.1) is 6.92 Å². The smallest absolute Gasteiger partial charge is 0.0609 e. The Balaban J connectivity index is 2.30. The molecule has 100 valence electrons. The predicted molar refractivity (Wildman–Crippen MR) is 82.3 cm³/mol. The summed E-state index contributed by atoms with van der Waals surface area (Å²) in [5.41, 5.74) is 9.32. The first-order chi connectivity index (χ1) is 9.14. The molecular formula is C17H22N2. The van der Waals surface area contributed by atoms with E-state index in [0.717, 1.165) is 12.1 Å². The van der Waals surface area contributed by atoms with E-state index >= 15 is 0 Å². The van der Waals surface area contributed by atoms with Gasteiger partial charge in [-0.25, -0.2) is 0 Å². The predicted octanol–water partition coefficient (Wildman–Crippen LogP) is 3.67. The maximum absolute atomic E-state index is 5.80. The zero-order valence-corrected chi connectivity index (χ0v) is 11.7. The van der Waals surface area contributed by atoms with Crippen LogP contribution in [0.3, 0.4) is 0 Å². The second kappa shape index (κ2) is 5.89. The second-order valence-electron chi connectivity index (χ2n) is 5.23. The van der Waals surface area contributed by atoms with Crippen molar-refractivity contribution in [2.75, 3.05) is 11.9 Å². The van der Waals surface area contributed by atoms with E-state index in [-0.39, 0.29) is 5.54 Å². The second-order valence-corrected chi connectivity index (χ2v) is 5.23. The van der Waals surface area contributed by atoms with E-state index in [0.29, 0.717) is 6.54 Å². The fourth-order valence-corrected chi connectivity index (χ4v) is 2.42. The highest BCUT2D eigenvalue weighted by Gasteiger charge is 2.25. The van der Waals surface area contributed by atoms with E-state index < -0.39 is 0 Å². The van der Waals surface area contributed by atoms with Crippen molar-refractivity contribution in [3.05, 3.63) is 65.7 Å². The molecule has 0 amide bonds. The summed E-state index contributed by atoms with van der Waals surface area (Å²) in [5.74, 6) is 0. The van der Waals surface area contributed by atoms with Gasteiger partial charge in [0.2, 0.25) is 0 Å². The van der Waals surface area contributed by atoms with Gasteiger partial charge in [0, 0.05) is 5.69 Å². The summed E-state index contributed by atoms with van der Waals surface area (Å²) in [7, 11) is 0. The Morgan fingerprint density at radius 3 is 2.42 bits per heavy atom. The minimum Gasteiger partial charge on any atom is -0.376 e. The lowest BCUT2D eigenvalue weighted by Gasteiger charge is -2.32. The molecule has 2 aromatic rings. The topological polar surface area (TPSA) is 38.0 Å². The van der Waals surface area contributed by atoms with Crippen LogP contribution in [-0.2, 0) is 5.54 Å². The first kappa shape index (κ1) is 13.6. The lowest BCUT2D eigenvalue weighted by atomic mass is 9.88. The molecule has 2 heteroatoms. The van der Waals surface area contributed by atoms with E-state index in [1.54, 1.807) is 0 Å². The fourth-order valence-electron chi connectivity index (χ4n) is 2.42. The van der Waals surface area contributed by atoms with Crippen LogP contribution >= 0.6 is 0 Å². The van der Waals surface area contributed by atoms with Crippen molar-refractivity contribution in [3.8, 4) is 0 Å². The Morgan fingerprint density at radius 1 is 1.05 bits per heavy atom. The molecule has 0 spiro atoms. The van der Waals surface area contributed by atoms with Gasteiger partial charge in [-0.3, -0.25) is 0 Å². The lowest BCUT2D eigenvalue weighted by molar-refractivity contribution is 0.504. The molecule has 0 fully saturated rings. The van der Waals surface area contributed by atoms with Gasteiger partial charge >= 0.3 is 0 Å². The van der Waals surface area contributed by atoms with E-state index in [1.165, 1.54) is 11.1 Å². The van der Waals surface area contributed by atoms with Crippen molar-refractivity contribution in [1.29, 1.82) is 0 Å². The minimum absolute atomic E-state index is 0.135. The Labute approximate surface area is 115 Å². The van der Waals surface area contributed by atoms with E-state index in [2.05, 4.69) is 67.7 Å². The van der Waals surface area contributed by atoms with Crippen LogP contribution in [0.4, 0.5) is 5.69 Å². The molecule has 19 heavy (non-hydrogen) atoms. The highest BCUT2D eigenvalue weighted by Crippen LogP contribution is 2.29. The van der Waals surface area contributed by atoms with Gasteiger partial charge in [-0.05, 0) is 50.1 Å². The van der Waals surface area contributed by atoms with Gasteiger partial charge in [0.15, 0.2) is 0 Å². The number of hydrogen-bond donors (Lipinski definition) is 2. The summed E-state index contributed by atoms with van der Waals surface area (Å²) in [5, 5.41) is 3.63. The van der Waals surface area contributed by atoms with Gasteiger partial charge in [0.25, 0.3) is 0 Å². The monoisotopic (exact) mass is 254 g/mol. The molecule has 0 saturated heterocycles. The third-order valence-corrected chi connectivity index (χ3v) is 3.49. The standard InChI is InChI=1S/C17H22N2/c1-14-7-6-10-16(13-14)19-17(2,11-12-18)15-8-4-3-5-9-15/h3-10,13,19H,11-12,18H2,1-2H3/t17-/m1/s1. The summed E-state index contributed by atoms with van der Waals surface area (Å²) in [6.07, 6.45) is 0.894. The molecule has 0 aromatic heterocycles. The van der Waals surface area contributed by atoms with Crippen LogP contribution < -0.4 is 11.1 Å². The number of nitrogens with one attached hydrogen (secondary N) is 1. The molecule has 0 aliphatic heterocycles. The number of hydrogen-bond acceptors (Lipinski definition) is 2. The van der Waals surface area contributed by atoms with E-state index in [9.17, 15) is 0 Å². The molecule has 2 aromatic carbocycles. The molecule has 0 saturated carbocycles. The highest BCUT2D eigenvalue weighted by molar-refractivity contribution is 5.49. The SMILES string of the molecule is Cc1cccc(N[C@](C)(CCN)c2ccccc2)c1. The van der Waals surface area contributed by atoms with Crippen LogP contribution in [-0.4, -0.2) is 6.54 Å². The quantitative estimate of drug-likeness (QED) is 0.854. The van der Waals surface area contributed by atoms with Gasteiger partial charge in [0.05, 0.1) is 5.54 Å². The molecular weight excluding hydrogens is 232 g/mol. The first-order valence-electron chi connectivity index (χ1n) is 6.74. The van der Waals surface area contributed by atoms with Gasteiger partial charge in [0.1, 0.15) is 0 Å². The minimum atomic E-state index is -0.135. The lowest BCUT2D eigenvalue weighted by Crippen LogP contribution is -2.34. The zero-order chi connectivity index (χ0) is 13.7. The number of aryl methyl sites for hydroxylation is 1. The maximum Gasteiger partial charge on any atom is 0.0609 e. The summed E-state index contributed by atoms with van der Waals surface area (Å²) in [4.78, 5) is 0. The first-order valence-corrected chi connectivity index (χ1v) is 6.74. The Hall–Kier alpha value is -1.80. The van der Waals surface area contributed by atoms with Crippen LogP contribution in [0.25, 0.3) is 0 Å². The average Bonchev–Trinajstić information content (AvgIpc) is 2.40. The number of anilines is 1. The van der Waals surface area contributed by atoms with Crippen molar-refractivity contribution >= 4 is 5.69 Å². The average molecular weight is 254 g/mol. The molecule has 2 rings (SSSR count). The van der Waals surface area contributed by atoms with Crippen LogP contribution in [0.15, 0.2) is 54.6 Å². The summed E-state index contributed by atoms with van der Waals surface area (Å²) >= 11 is 0. The molecule has 3 N–H and O–H groups in total. The van der Waals surface area contributed by atoms with Crippen molar-refractivity contribution in [2.24, 2.45) is 5.73 Å². The van der Waals surface area contributed by atoms with Gasteiger partial charge in [-0.2, -0.15) is 0 Å². The van der Waals surface area contributed by atoms with E-state index in [4.69, 9.17) is 5.73 Å². The molecule has 0 radical (unpaired) electrons. The van der Waals surface area contributed by atoms with Crippen LogP contribution in [0.1, 0.15) is 24.5 Å². The normalized spacial score (nSPS) is 13.8. The molecule has 0 aliphatic carbocycles. The number of benzene rings is 2. The highest BCUT2D eigenvalue weighted by atomic mass is 15.0. The third kappa shape index (κ3) is 3.36. The Bertz CT molecular complexity index is 522. The Morgan fingerprint density at radius 2 is 1.79 bits per heavy atom. The molecule has 2 nitrogen and oxygen atoms in total. The summed E-state index contributed by atoms with van der Waals surface area (Å²) in [6.45, 7) is 4.97. The van der Waals surface area contributed by atoms with Gasteiger partial charge < -0.3 is 11.1 Å². The number of rotatable bonds is 5. The van der Waals surface area contributed by atoms with Crippen molar-refractivity contribution < 1.29 is 0 Å². The van der Waals surface area contributed by atoms with Gasteiger partial charge in [-0.1, -0.05) is 42.5 Å². The molecule has 0 aliphatic rings.